The van der Waals surface area contributed by atoms with E-state index in [1.807, 2.05) is 6.92 Å². The molecule has 1 spiro atoms. The molecule has 1 aromatic carbocycles. The van der Waals surface area contributed by atoms with Crippen molar-refractivity contribution in [1.29, 1.82) is 0 Å². The standard InChI is InChI=1S/C22H31NO4/c1-4-27-20-14-19(22(20)10-6-5-7-11-22)23-21(25)13-17-12-16(15(2)24)8-9-18(17)26-3/h8-9,12,19-20H,4-7,10-11,13-14H2,1-3H3,(H,23,25)/t19-,20-/m0/s1. The molecule has 0 heterocycles. The number of carbonyl (C=O) groups excluding carboxylic acids is 2. The molecule has 2 aliphatic carbocycles. The molecule has 0 bridgehead atoms. The second-order valence-electron chi connectivity index (χ2n) is 7.85. The fourth-order valence-corrected chi connectivity index (χ4v) is 4.82. The average molecular weight is 373 g/mol. The van der Waals surface area contributed by atoms with Gasteiger partial charge in [0.2, 0.25) is 5.91 Å². The predicted octanol–water partition coefficient (Wildman–Crippen LogP) is 3.68. The highest BCUT2D eigenvalue weighted by molar-refractivity contribution is 5.94. The van der Waals surface area contributed by atoms with Gasteiger partial charge in [0, 0.05) is 29.2 Å². The molecule has 27 heavy (non-hydrogen) atoms. The van der Waals surface area contributed by atoms with Gasteiger partial charge in [-0.3, -0.25) is 9.59 Å². The van der Waals surface area contributed by atoms with E-state index < -0.39 is 0 Å². The average Bonchev–Trinajstić information content (AvgIpc) is 2.67. The number of hydrogen-bond acceptors (Lipinski definition) is 4. The van der Waals surface area contributed by atoms with Crippen LogP contribution in [-0.4, -0.2) is 37.6 Å². The van der Waals surface area contributed by atoms with Crippen molar-refractivity contribution >= 4 is 11.7 Å². The van der Waals surface area contributed by atoms with Crippen LogP contribution in [0.15, 0.2) is 18.2 Å². The van der Waals surface area contributed by atoms with Gasteiger partial charge in [0.1, 0.15) is 5.75 Å². The van der Waals surface area contributed by atoms with Crippen LogP contribution in [0.2, 0.25) is 0 Å². The summed E-state index contributed by atoms with van der Waals surface area (Å²) in [4.78, 5) is 24.4. The largest absolute Gasteiger partial charge is 0.496 e. The molecule has 1 N–H and O–H groups in total. The fourth-order valence-electron chi connectivity index (χ4n) is 4.82. The maximum Gasteiger partial charge on any atom is 0.224 e. The molecule has 0 unspecified atom stereocenters. The van der Waals surface area contributed by atoms with Crippen molar-refractivity contribution < 1.29 is 19.1 Å². The number of ether oxygens (including phenoxy) is 2. The van der Waals surface area contributed by atoms with Crippen LogP contribution in [0.4, 0.5) is 0 Å². The van der Waals surface area contributed by atoms with Crippen LogP contribution >= 0.6 is 0 Å². The Hall–Kier alpha value is -1.88. The molecule has 2 fully saturated rings. The molecule has 148 valence electrons. The van der Waals surface area contributed by atoms with Crippen LogP contribution in [0.5, 0.6) is 5.75 Å². The van der Waals surface area contributed by atoms with E-state index in [4.69, 9.17) is 9.47 Å². The number of ketones is 1. The molecular weight excluding hydrogens is 342 g/mol. The lowest BCUT2D eigenvalue weighted by Crippen LogP contribution is -2.65. The molecule has 1 aromatic rings. The van der Waals surface area contributed by atoms with E-state index in [0.717, 1.165) is 31.4 Å². The summed E-state index contributed by atoms with van der Waals surface area (Å²) in [6.07, 6.45) is 7.34. The maximum atomic E-state index is 12.8. The lowest BCUT2D eigenvalue weighted by molar-refractivity contribution is -0.156. The van der Waals surface area contributed by atoms with Gasteiger partial charge in [-0.1, -0.05) is 19.3 Å². The molecule has 0 saturated heterocycles. The lowest BCUT2D eigenvalue weighted by atomic mass is 9.55. The van der Waals surface area contributed by atoms with E-state index in [0.29, 0.717) is 11.3 Å². The summed E-state index contributed by atoms with van der Waals surface area (Å²) in [7, 11) is 1.58. The Morgan fingerprint density at radius 3 is 2.59 bits per heavy atom. The van der Waals surface area contributed by atoms with E-state index in [9.17, 15) is 9.59 Å². The first-order chi connectivity index (χ1) is 13.0. The third kappa shape index (κ3) is 4.03. The van der Waals surface area contributed by atoms with Gasteiger partial charge in [0.15, 0.2) is 5.78 Å². The van der Waals surface area contributed by atoms with Crippen molar-refractivity contribution in [2.24, 2.45) is 5.41 Å². The Morgan fingerprint density at radius 1 is 1.22 bits per heavy atom. The monoisotopic (exact) mass is 373 g/mol. The third-order valence-corrected chi connectivity index (χ3v) is 6.31. The molecule has 0 aliphatic heterocycles. The van der Waals surface area contributed by atoms with Crippen LogP contribution in [-0.2, 0) is 16.0 Å². The summed E-state index contributed by atoms with van der Waals surface area (Å²) in [5.74, 6) is 0.612. The van der Waals surface area contributed by atoms with Crippen LogP contribution < -0.4 is 10.1 Å². The van der Waals surface area contributed by atoms with Crippen LogP contribution in [0.1, 0.15) is 68.3 Å². The number of Topliss-reactive ketones (excluding diaryl/α,β-unsaturated/α-hetero) is 1. The second-order valence-corrected chi connectivity index (χ2v) is 7.85. The zero-order valence-electron chi connectivity index (χ0n) is 16.7. The SMILES string of the molecule is CCO[C@H]1C[C@H](NC(=O)Cc2cc(C(C)=O)ccc2OC)C12CCCCC2. The zero-order chi connectivity index (χ0) is 19.4. The number of methoxy groups -OCH3 is 1. The predicted molar refractivity (Wildman–Crippen MR) is 104 cm³/mol. The Bertz CT molecular complexity index is 694. The van der Waals surface area contributed by atoms with E-state index in [2.05, 4.69) is 5.32 Å². The van der Waals surface area contributed by atoms with Gasteiger partial charge < -0.3 is 14.8 Å². The van der Waals surface area contributed by atoms with Crippen molar-refractivity contribution in [2.45, 2.75) is 70.9 Å². The van der Waals surface area contributed by atoms with Crippen LogP contribution in [0, 0.1) is 5.41 Å². The van der Waals surface area contributed by atoms with Gasteiger partial charge >= 0.3 is 0 Å². The third-order valence-electron chi connectivity index (χ3n) is 6.31. The zero-order valence-corrected chi connectivity index (χ0v) is 16.7. The van der Waals surface area contributed by atoms with Gasteiger partial charge in [-0.25, -0.2) is 0 Å². The highest BCUT2D eigenvalue weighted by Crippen LogP contribution is 2.53. The Balaban J connectivity index is 1.69. The van der Waals surface area contributed by atoms with Crippen LogP contribution in [0.3, 0.4) is 0 Å². The molecule has 5 heteroatoms. The van der Waals surface area contributed by atoms with Crippen LogP contribution in [0.25, 0.3) is 0 Å². The summed E-state index contributed by atoms with van der Waals surface area (Å²) in [5.41, 5.74) is 1.46. The fraction of sp³-hybridized carbons (Fsp3) is 0.636. The minimum Gasteiger partial charge on any atom is -0.496 e. The number of hydrogen-bond donors (Lipinski definition) is 1. The molecule has 3 rings (SSSR count). The molecule has 2 aliphatic rings. The summed E-state index contributed by atoms with van der Waals surface area (Å²) in [6.45, 7) is 4.29. The summed E-state index contributed by atoms with van der Waals surface area (Å²) < 4.78 is 11.3. The first-order valence-electron chi connectivity index (χ1n) is 10.1. The van der Waals surface area contributed by atoms with Crippen molar-refractivity contribution in [3.63, 3.8) is 0 Å². The maximum absolute atomic E-state index is 12.8. The first kappa shape index (κ1) is 19.9. The Kier molecular flexibility index (Phi) is 6.20. The topological polar surface area (TPSA) is 64.6 Å². The Labute approximate surface area is 161 Å². The quantitative estimate of drug-likeness (QED) is 0.741. The van der Waals surface area contributed by atoms with Gasteiger partial charge in [-0.2, -0.15) is 0 Å². The molecule has 0 radical (unpaired) electrons. The number of amides is 1. The smallest absolute Gasteiger partial charge is 0.224 e. The van der Waals surface area contributed by atoms with Gasteiger partial charge in [-0.05, 0) is 51.3 Å². The minimum atomic E-state index is -0.0149. The van der Waals surface area contributed by atoms with Crippen molar-refractivity contribution in [3.05, 3.63) is 29.3 Å². The molecule has 0 aromatic heterocycles. The number of nitrogens with one attached hydrogen (secondary N) is 1. The second kappa shape index (κ2) is 8.42. The van der Waals surface area contributed by atoms with E-state index in [-0.39, 0.29) is 35.7 Å². The highest BCUT2D eigenvalue weighted by Gasteiger charge is 2.56. The van der Waals surface area contributed by atoms with Crippen molar-refractivity contribution in [2.75, 3.05) is 13.7 Å². The lowest BCUT2D eigenvalue weighted by Gasteiger charge is -2.57. The van der Waals surface area contributed by atoms with E-state index in [1.54, 1.807) is 25.3 Å². The first-order valence-corrected chi connectivity index (χ1v) is 10.1. The Morgan fingerprint density at radius 2 is 1.96 bits per heavy atom. The summed E-state index contributed by atoms with van der Waals surface area (Å²) >= 11 is 0. The molecule has 1 amide bonds. The number of carbonyl (C=O) groups is 2. The summed E-state index contributed by atoms with van der Waals surface area (Å²) in [5, 5.41) is 3.25. The molecular formula is C22H31NO4. The van der Waals surface area contributed by atoms with Gasteiger partial charge in [0.25, 0.3) is 0 Å². The van der Waals surface area contributed by atoms with Gasteiger partial charge in [0.05, 0.1) is 19.6 Å². The number of rotatable bonds is 7. The highest BCUT2D eigenvalue weighted by atomic mass is 16.5. The van der Waals surface area contributed by atoms with Crippen molar-refractivity contribution in [3.8, 4) is 5.75 Å². The molecule has 5 nitrogen and oxygen atoms in total. The number of benzene rings is 1. The minimum absolute atomic E-state index is 0.0148. The molecule has 2 atom stereocenters. The van der Waals surface area contributed by atoms with E-state index in [1.165, 1.54) is 26.2 Å². The van der Waals surface area contributed by atoms with Crippen molar-refractivity contribution in [1.82, 2.24) is 5.32 Å². The normalized spacial score (nSPS) is 23.5. The summed E-state index contributed by atoms with van der Waals surface area (Å²) in [6, 6.07) is 5.44. The van der Waals surface area contributed by atoms with E-state index >= 15 is 0 Å². The van der Waals surface area contributed by atoms with Gasteiger partial charge in [-0.15, -0.1) is 0 Å². The molecule has 2 saturated carbocycles.